The number of esters is 1. The van der Waals surface area contributed by atoms with E-state index in [1.807, 2.05) is 0 Å². The summed E-state index contributed by atoms with van der Waals surface area (Å²) in [5.41, 5.74) is -0.285. The first-order chi connectivity index (χ1) is 7.85. The fraction of sp³-hybridized carbons (Fsp3) is 0.300. The van der Waals surface area contributed by atoms with Gasteiger partial charge in [-0.1, -0.05) is 6.07 Å². The van der Waals surface area contributed by atoms with E-state index in [1.165, 1.54) is 12.1 Å². The van der Waals surface area contributed by atoms with Crippen LogP contribution >= 0.6 is 15.9 Å². The van der Waals surface area contributed by atoms with E-state index in [4.69, 9.17) is 0 Å². The molecule has 0 aliphatic heterocycles. The van der Waals surface area contributed by atoms with Crippen molar-refractivity contribution in [2.24, 2.45) is 0 Å². The van der Waals surface area contributed by atoms with Crippen molar-refractivity contribution in [1.29, 1.82) is 0 Å². The van der Waals surface area contributed by atoms with E-state index in [0.29, 0.717) is 0 Å². The SMILES string of the molecule is CCOC(=O)c1c(Br)cccc1OC(F)(F)F. The van der Waals surface area contributed by atoms with Crippen LogP contribution in [0.3, 0.4) is 0 Å². The average Bonchev–Trinajstić information content (AvgIpc) is 2.15. The molecule has 0 N–H and O–H groups in total. The van der Waals surface area contributed by atoms with Gasteiger partial charge in [0, 0.05) is 4.47 Å². The zero-order valence-electron chi connectivity index (χ0n) is 8.68. The van der Waals surface area contributed by atoms with E-state index >= 15 is 0 Å². The lowest BCUT2D eigenvalue weighted by Crippen LogP contribution is -2.19. The summed E-state index contributed by atoms with van der Waals surface area (Å²) in [6.45, 7) is 1.62. The summed E-state index contributed by atoms with van der Waals surface area (Å²) >= 11 is 2.98. The van der Waals surface area contributed by atoms with E-state index in [2.05, 4.69) is 25.4 Å². The Morgan fingerprint density at radius 1 is 1.41 bits per heavy atom. The van der Waals surface area contributed by atoms with Gasteiger partial charge in [-0.3, -0.25) is 0 Å². The summed E-state index contributed by atoms with van der Waals surface area (Å²) in [5.74, 6) is -1.47. The number of alkyl halides is 3. The monoisotopic (exact) mass is 312 g/mol. The van der Waals surface area contributed by atoms with Crippen LogP contribution in [0, 0.1) is 0 Å². The summed E-state index contributed by atoms with van der Waals surface area (Å²) < 4.78 is 44.9. The van der Waals surface area contributed by atoms with Crippen molar-refractivity contribution in [2.45, 2.75) is 13.3 Å². The Hall–Kier alpha value is -1.24. The Morgan fingerprint density at radius 2 is 2.06 bits per heavy atom. The Balaban J connectivity index is 3.13. The molecule has 0 radical (unpaired) electrons. The van der Waals surface area contributed by atoms with Crippen LogP contribution in [0.4, 0.5) is 13.2 Å². The molecular weight excluding hydrogens is 305 g/mol. The number of hydrogen-bond donors (Lipinski definition) is 0. The summed E-state index contributed by atoms with van der Waals surface area (Å²) in [7, 11) is 0. The maximum absolute atomic E-state index is 12.1. The number of hydrogen-bond acceptors (Lipinski definition) is 3. The molecule has 7 heteroatoms. The predicted octanol–water partition coefficient (Wildman–Crippen LogP) is 3.52. The fourth-order valence-electron chi connectivity index (χ4n) is 1.12. The van der Waals surface area contributed by atoms with Crippen molar-refractivity contribution in [3.8, 4) is 5.75 Å². The van der Waals surface area contributed by atoms with Crippen molar-refractivity contribution in [2.75, 3.05) is 6.61 Å². The molecule has 0 saturated heterocycles. The van der Waals surface area contributed by atoms with Crippen LogP contribution in [0.2, 0.25) is 0 Å². The third-order valence-electron chi connectivity index (χ3n) is 1.68. The maximum atomic E-state index is 12.1. The molecule has 0 atom stereocenters. The van der Waals surface area contributed by atoms with Crippen LogP contribution < -0.4 is 4.74 Å². The molecule has 0 aliphatic carbocycles. The number of ether oxygens (including phenoxy) is 2. The lowest BCUT2D eigenvalue weighted by Gasteiger charge is -2.13. The van der Waals surface area contributed by atoms with Gasteiger partial charge in [0.15, 0.2) is 0 Å². The molecule has 1 aromatic rings. The van der Waals surface area contributed by atoms with Crippen LogP contribution in [0.1, 0.15) is 17.3 Å². The van der Waals surface area contributed by atoms with E-state index in [-0.39, 0.29) is 16.6 Å². The van der Waals surface area contributed by atoms with Crippen LogP contribution in [0.5, 0.6) is 5.75 Å². The Kier molecular flexibility index (Phi) is 4.39. The van der Waals surface area contributed by atoms with Crippen LogP contribution in [0.15, 0.2) is 22.7 Å². The first-order valence-electron chi connectivity index (χ1n) is 4.56. The zero-order chi connectivity index (χ0) is 13.1. The standard InChI is InChI=1S/C10H8BrF3O3/c1-2-16-9(15)8-6(11)4-3-5-7(8)17-10(12,13)14/h3-5H,2H2,1H3. The van der Waals surface area contributed by atoms with Gasteiger partial charge in [-0.2, -0.15) is 0 Å². The van der Waals surface area contributed by atoms with Crippen LogP contribution in [-0.2, 0) is 4.74 Å². The molecule has 0 aromatic heterocycles. The maximum Gasteiger partial charge on any atom is 0.573 e. The molecule has 94 valence electrons. The van der Waals surface area contributed by atoms with Crippen molar-refractivity contribution in [1.82, 2.24) is 0 Å². The second-order valence-electron chi connectivity index (χ2n) is 2.88. The third kappa shape index (κ3) is 3.92. The summed E-state index contributed by atoms with van der Waals surface area (Å²) in [6.07, 6.45) is -4.86. The van der Waals surface area contributed by atoms with Crippen molar-refractivity contribution >= 4 is 21.9 Å². The van der Waals surface area contributed by atoms with E-state index in [0.717, 1.165) is 6.07 Å². The largest absolute Gasteiger partial charge is 0.573 e. The zero-order valence-corrected chi connectivity index (χ0v) is 10.3. The van der Waals surface area contributed by atoms with E-state index < -0.39 is 18.1 Å². The molecule has 3 nitrogen and oxygen atoms in total. The second-order valence-corrected chi connectivity index (χ2v) is 3.74. The highest BCUT2D eigenvalue weighted by Gasteiger charge is 2.33. The molecule has 0 spiro atoms. The number of benzene rings is 1. The number of halogens is 4. The molecule has 0 aliphatic rings. The van der Waals surface area contributed by atoms with Crippen molar-refractivity contribution in [3.63, 3.8) is 0 Å². The quantitative estimate of drug-likeness (QED) is 0.801. The molecule has 0 amide bonds. The van der Waals surface area contributed by atoms with Crippen LogP contribution in [0.25, 0.3) is 0 Å². The molecule has 1 rings (SSSR count). The molecule has 0 bridgehead atoms. The predicted molar refractivity (Wildman–Crippen MR) is 56.8 cm³/mol. The van der Waals surface area contributed by atoms with Gasteiger partial charge >= 0.3 is 12.3 Å². The molecule has 0 saturated carbocycles. The van der Waals surface area contributed by atoms with Gasteiger partial charge in [-0.05, 0) is 35.0 Å². The van der Waals surface area contributed by atoms with Gasteiger partial charge in [0.2, 0.25) is 0 Å². The number of rotatable bonds is 3. The van der Waals surface area contributed by atoms with Gasteiger partial charge in [0.25, 0.3) is 0 Å². The minimum Gasteiger partial charge on any atom is -0.462 e. The van der Waals surface area contributed by atoms with Gasteiger partial charge in [-0.25, -0.2) is 4.79 Å². The highest BCUT2D eigenvalue weighted by Crippen LogP contribution is 2.31. The first-order valence-corrected chi connectivity index (χ1v) is 5.36. The van der Waals surface area contributed by atoms with E-state index in [9.17, 15) is 18.0 Å². The molecular formula is C10H8BrF3O3. The Morgan fingerprint density at radius 3 is 2.59 bits per heavy atom. The van der Waals surface area contributed by atoms with Gasteiger partial charge < -0.3 is 9.47 Å². The summed E-state index contributed by atoms with van der Waals surface area (Å²) in [4.78, 5) is 11.5. The highest BCUT2D eigenvalue weighted by molar-refractivity contribution is 9.10. The van der Waals surface area contributed by atoms with Crippen molar-refractivity contribution in [3.05, 3.63) is 28.2 Å². The van der Waals surface area contributed by atoms with Gasteiger partial charge in [0.1, 0.15) is 11.3 Å². The smallest absolute Gasteiger partial charge is 0.462 e. The molecule has 1 aromatic carbocycles. The molecule has 0 fully saturated rings. The lowest BCUT2D eigenvalue weighted by molar-refractivity contribution is -0.274. The minimum atomic E-state index is -4.86. The number of carbonyl (C=O) groups excluding carboxylic acids is 1. The average molecular weight is 313 g/mol. The van der Waals surface area contributed by atoms with Crippen molar-refractivity contribution < 1.29 is 27.4 Å². The van der Waals surface area contributed by atoms with Gasteiger partial charge in [0.05, 0.1) is 6.61 Å². The highest BCUT2D eigenvalue weighted by atomic mass is 79.9. The Bertz CT molecular complexity index is 418. The minimum absolute atomic E-state index is 0.0611. The summed E-state index contributed by atoms with van der Waals surface area (Å²) in [6, 6.07) is 3.80. The third-order valence-corrected chi connectivity index (χ3v) is 2.34. The molecule has 0 unspecified atom stereocenters. The lowest BCUT2D eigenvalue weighted by atomic mass is 10.2. The fourth-order valence-corrected chi connectivity index (χ4v) is 1.63. The Labute approximate surface area is 104 Å². The molecule has 0 heterocycles. The topological polar surface area (TPSA) is 35.5 Å². The second kappa shape index (κ2) is 5.39. The first kappa shape index (κ1) is 13.8. The van der Waals surface area contributed by atoms with E-state index in [1.54, 1.807) is 6.92 Å². The normalized spacial score (nSPS) is 11.1. The van der Waals surface area contributed by atoms with Crippen LogP contribution in [-0.4, -0.2) is 18.9 Å². The molecule has 17 heavy (non-hydrogen) atoms. The van der Waals surface area contributed by atoms with Gasteiger partial charge in [-0.15, -0.1) is 13.2 Å². The number of carbonyl (C=O) groups is 1. The summed E-state index contributed by atoms with van der Waals surface area (Å²) in [5, 5.41) is 0.